The van der Waals surface area contributed by atoms with Crippen LogP contribution in [-0.4, -0.2) is 41.7 Å². The molecule has 168 valence electrons. The molecular weight excluding hydrogens is 394 g/mol. The van der Waals surface area contributed by atoms with Crippen molar-refractivity contribution < 1.29 is 8.78 Å². The summed E-state index contributed by atoms with van der Waals surface area (Å²) in [4.78, 5) is 6.63. The third-order valence-electron chi connectivity index (χ3n) is 5.90. The molecule has 6 heteroatoms. The van der Waals surface area contributed by atoms with E-state index in [0.29, 0.717) is 23.0 Å². The molecule has 4 nitrogen and oxygen atoms in total. The van der Waals surface area contributed by atoms with Gasteiger partial charge in [0, 0.05) is 36.1 Å². The molecule has 0 spiro atoms. The van der Waals surface area contributed by atoms with Gasteiger partial charge in [-0.2, -0.15) is 0 Å². The van der Waals surface area contributed by atoms with E-state index < -0.39 is 13.0 Å². The summed E-state index contributed by atoms with van der Waals surface area (Å²) < 4.78 is 25.9. The Morgan fingerprint density at radius 2 is 1.97 bits per heavy atom. The summed E-state index contributed by atoms with van der Waals surface area (Å²) in [5.74, 6) is 0. The van der Waals surface area contributed by atoms with Gasteiger partial charge in [-0.25, -0.2) is 8.78 Å². The van der Waals surface area contributed by atoms with Gasteiger partial charge >= 0.3 is 0 Å². The van der Waals surface area contributed by atoms with Crippen LogP contribution >= 0.6 is 0 Å². The molecule has 0 saturated heterocycles. The first-order valence-electron chi connectivity index (χ1n) is 10.8. The van der Waals surface area contributed by atoms with Crippen LogP contribution in [0.5, 0.6) is 0 Å². The number of rotatable bonds is 10. The minimum absolute atomic E-state index is 0.278. The SMILES string of the molecule is C=C(c1cc(NCC(F)F)c(C(=N)C2=CCC(=C/C)/C2=C\C)cn1)N(C)C(CC)CC. The van der Waals surface area contributed by atoms with Crippen molar-refractivity contribution in [3.63, 3.8) is 0 Å². The van der Waals surface area contributed by atoms with Crippen molar-refractivity contribution in [3.05, 3.63) is 65.0 Å². The Kier molecular flexibility index (Phi) is 8.72. The van der Waals surface area contributed by atoms with E-state index in [-0.39, 0.29) is 5.71 Å². The second kappa shape index (κ2) is 11.0. The fourth-order valence-electron chi connectivity index (χ4n) is 3.98. The molecule has 0 aliphatic heterocycles. The Morgan fingerprint density at radius 1 is 1.29 bits per heavy atom. The molecule has 0 radical (unpaired) electrons. The Morgan fingerprint density at radius 3 is 2.52 bits per heavy atom. The van der Waals surface area contributed by atoms with E-state index >= 15 is 0 Å². The smallest absolute Gasteiger partial charge is 0.255 e. The highest BCUT2D eigenvalue weighted by molar-refractivity contribution is 6.17. The molecule has 1 aromatic heterocycles. The molecule has 0 bridgehead atoms. The topological polar surface area (TPSA) is 52.0 Å². The van der Waals surface area contributed by atoms with E-state index in [1.807, 2.05) is 39.1 Å². The van der Waals surface area contributed by atoms with Crippen molar-refractivity contribution in [3.8, 4) is 0 Å². The van der Waals surface area contributed by atoms with E-state index in [9.17, 15) is 8.78 Å². The van der Waals surface area contributed by atoms with Gasteiger partial charge in [-0.05, 0) is 50.3 Å². The molecule has 0 amide bonds. The number of hydrogen-bond donors (Lipinski definition) is 2. The Bertz CT molecular complexity index is 908. The first kappa shape index (κ1) is 24.5. The van der Waals surface area contributed by atoms with Crippen LogP contribution in [0.15, 0.2) is 53.8 Å². The maximum absolute atomic E-state index is 13.0. The van der Waals surface area contributed by atoms with Crippen LogP contribution in [0.3, 0.4) is 0 Å². The molecular formula is C25H34F2N4. The lowest BCUT2D eigenvalue weighted by Gasteiger charge is -2.30. The number of nitrogens with one attached hydrogen (secondary N) is 2. The summed E-state index contributed by atoms with van der Waals surface area (Å²) in [5.41, 5.74) is 5.58. The zero-order valence-corrected chi connectivity index (χ0v) is 19.2. The number of aromatic nitrogens is 1. The van der Waals surface area contributed by atoms with Crippen molar-refractivity contribution >= 4 is 17.1 Å². The molecule has 1 aliphatic carbocycles. The number of allylic oxidation sites excluding steroid dienone is 6. The molecule has 0 fully saturated rings. The second-order valence-electron chi connectivity index (χ2n) is 7.63. The van der Waals surface area contributed by atoms with Crippen molar-refractivity contribution in [1.29, 1.82) is 5.41 Å². The number of anilines is 1. The van der Waals surface area contributed by atoms with Gasteiger partial charge in [0.05, 0.1) is 23.6 Å². The minimum atomic E-state index is -2.50. The van der Waals surface area contributed by atoms with E-state index in [4.69, 9.17) is 5.41 Å². The Labute approximate surface area is 185 Å². The van der Waals surface area contributed by atoms with Gasteiger partial charge < -0.3 is 10.2 Å². The van der Waals surface area contributed by atoms with Crippen LogP contribution in [0.1, 0.15) is 58.2 Å². The lowest BCUT2D eigenvalue weighted by Crippen LogP contribution is -2.29. The first-order valence-corrected chi connectivity index (χ1v) is 10.8. The fraction of sp³-hybridized carbons (Fsp3) is 0.440. The molecule has 31 heavy (non-hydrogen) atoms. The fourth-order valence-corrected chi connectivity index (χ4v) is 3.98. The first-order chi connectivity index (χ1) is 14.8. The second-order valence-corrected chi connectivity index (χ2v) is 7.63. The molecule has 1 aliphatic rings. The number of alkyl halides is 2. The minimum Gasteiger partial charge on any atom is -0.379 e. The quantitative estimate of drug-likeness (QED) is 0.422. The van der Waals surface area contributed by atoms with E-state index in [2.05, 4.69) is 35.6 Å². The van der Waals surface area contributed by atoms with Gasteiger partial charge in [-0.3, -0.25) is 10.4 Å². The molecule has 1 aromatic rings. The summed E-state index contributed by atoms with van der Waals surface area (Å²) >= 11 is 0. The van der Waals surface area contributed by atoms with E-state index in [0.717, 1.165) is 41.7 Å². The van der Waals surface area contributed by atoms with Crippen LogP contribution < -0.4 is 5.32 Å². The van der Waals surface area contributed by atoms with E-state index in [1.54, 1.807) is 12.3 Å². The van der Waals surface area contributed by atoms with Crippen LogP contribution in [0.4, 0.5) is 14.5 Å². The largest absolute Gasteiger partial charge is 0.379 e. The third kappa shape index (κ3) is 5.49. The average Bonchev–Trinajstić information content (AvgIpc) is 3.20. The Balaban J connectivity index is 2.44. The maximum Gasteiger partial charge on any atom is 0.255 e. The Hall–Kier alpha value is -2.76. The number of halogens is 2. The van der Waals surface area contributed by atoms with E-state index in [1.165, 1.54) is 0 Å². The van der Waals surface area contributed by atoms with Gasteiger partial charge in [0.1, 0.15) is 0 Å². The molecule has 2 N–H and O–H groups in total. The summed E-state index contributed by atoms with van der Waals surface area (Å²) in [5, 5.41) is 11.6. The number of nitrogens with zero attached hydrogens (tertiary/aromatic N) is 2. The van der Waals surface area contributed by atoms with Crippen LogP contribution in [0, 0.1) is 5.41 Å². The molecule has 0 unspecified atom stereocenters. The lowest BCUT2D eigenvalue weighted by atomic mass is 9.95. The molecule has 1 heterocycles. The average molecular weight is 429 g/mol. The zero-order chi connectivity index (χ0) is 23.1. The van der Waals surface area contributed by atoms with Crippen molar-refractivity contribution in [2.45, 2.75) is 59.4 Å². The van der Waals surface area contributed by atoms with Crippen molar-refractivity contribution in [2.24, 2.45) is 0 Å². The summed E-state index contributed by atoms with van der Waals surface area (Å²) in [6.07, 6.45) is 7.84. The molecule has 2 rings (SSSR count). The third-order valence-corrected chi connectivity index (χ3v) is 5.90. The molecule has 0 atom stereocenters. The van der Waals surface area contributed by atoms with Crippen LogP contribution in [-0.2, 0) is 0 Å². The monoisotopic (exact) mass is 428 g/mol. The molecule has 0 aromatic carbocycles. The highest BCUT2D eigenvalue weighted by Crippen LogP contribution is 2.34. The highest BCUT2D eigenvalue weighted by atomic mass is 19.3. The van der Waals surface area contributed by atoms with Gasteiger partial charge in [0.25, 0.3) is 6.43 Å². The van der Waals surface area contributed by atoms with Gasteiger partial charge in [0.2, 0.25) is 0 Å². The summed E-state index contributed by atoms with van der Waals surface area (Å²) in [7, 11) is 1.98. The highest BCUT2D eigenvalue weighted by Gasteiger charge is 2.23. The van der Waals surface area contributed by atoms with Gasteiger partial charge in [0.15, 0.2) is 0 Å². The van der Waals surface area contributed by atoms with Crippen molar-refractivity contribution in [2.75, 3.05) is 18.9 Å². The van der Waals surface area contributed by atoms with Gasteiger partial charge in [-0.15, -0.1) is 0 Å². The van der Waals surface area contributed by atoms with Crippen LogP contribution in [0.25, 0.3) is 5.70 Å². The zero-order valence-electron chi connectivity index (χ0n) is 19.2. The van der Waals surface area contributed by atoms with Gasteiger partial charge in [-0.1, -0.05) is 38.7 Å². The standard InChI is InChI=1S/C25H34F2N4/c1-7-17-11-12-20(19(17)10-4)25(28)21-14-29-22(13-23(21)30-15-24(26)27)16(5)31(6)18(8-2)9-3/h7,10,12-14,18,24,28H,5,8-9,11,15H2,1-4,6H3,(H,29,30)/b17-7-,19-10+,28-25?. The molecule has 0 saturated carbocycles. The number of pyridine rings is 1. The summed E-state index contributed by atoms with van der Waals surface area (Å²) in [6, 6.07) is 2.06. The normalized spacial score (nSPS) is 16.4. The van der Waals surface area contributed by atoms with Crippen LogP contribution in [0.2, 0.25) is 0 Å². The predicted molar refractivity (Wildman–Crippen MR) is 127 cm³/mol. The van der Waals surface area contributed by atoms with Crippen molar-refractivity contribution in [1.82, 2.24) is 9.88 Å². The lowest BCUT2D eigenvalue weighted by molar-refractivity contribution is 0.163. The maximum atomic E-state index is 13.0. The predicted octanol–water partition coefficient (Wildman–Crippen LogP) is 6.44. The number of hydrogen-bond acceptors (Lipinski definition) is 4. The summed E-state index contributed by atoms with van der Waals surface area (Å²) in [6.45, 7) is 11.9.